The molecule has 1 saturated carbocycles. The number of hydrogen-bond donors (Lipinski definition) is 1. The van der Waals surface area contributed by atoms with Crippen molar-refractivity contribution in [2.45, 2.75) is 52.0 Å². The van der Waals surface area contributed by atoms with Crippen LogP contribution >= 0.6 is 0 Å². The SMILES string of the molecule is CCCNC(C1=COCCC1)C1(C)CC1. The molecule has 0 radical (unpaired) electrons. The summed E-state index contributed by atoms with van der Waals surface area (Å²) in [4.78, 5) is 0. The molecule has 0 aromatic rings. The van der Waals surface area contributed by atoms with E-state index in [9.17, 15) is 0 Å². The van der Waals surface area contributed by atoms with E-state index in [-0.39, 0.29) is 0 Å². The molecule has 2 heteroatoms. The molecule has 2 nitrogen and oxygen atoms in total. The van der Waals surface area contributed by atoms with Gasteiger partial charge in [-0.2, -0.15) is 0 Å². The van der Waals surface area contributed by atoms with Gasteiger partial charge < -0.3 is 10.1 Å². The number of ether oxygens (including phenoxy) is 1. The molecular weight excluding hydrogens is 186 g/mol. The van der Waals surface area contributed by atoms with Crippen molar-refractivity contribution in [3.63, 3.8) is 0 Å². The van der Waals surface area contributed by atoms with Gasteiger partial charge in [0.2, 0.25) is 0 Å². The normalized spacial score (nSPS) is 25.3. The fraction of sp³-hybridized carbons (Fsp3) is 0.846. The Labute approximate surface area is 93.1 Å². The summed E-state index contributed by atoms with van der Waals surface area (Å²) in [5.74, 6) is 0. The van der Waals surface area contributed by atoms with Gasteiger partial charge in [-0.05, 0) is 49.6 Å². The third-order valence-corrected chi connectivity index (χ3v) is 3.67. The lowest BCUT2D eigenvalue weighted by Gasteiger charge is -2.29. The van der Waals surface area contributed by atoms with Gasteiger partial charge in [-0.3, -0.25) is 0 Å². The molecule has 86 valence electrons. The van der Waals surface area contributed by atoms with E-state index in [0.29, 0.717) is 11.5 Å². The van der Waals surface area contributed by atoms with Crippen LogP contribution in [0.5, 0.6) is 0 Å². The first-order valence-corrected chi connectivity index (χ1v) is 6.30. The van der Waals surface area contributed by atoms with Crippen molar-refractivity contribution in [3.05, 3.63) is 11.8 Å². The highest BCUT2D eigenvalue weighted by Crippen LogP contribution is 2.50. The minimum Gasteiger partial charge on any atom is -0.501 e. The van der Waals surface area contributed by atoms with Gasteiger partial charge in [0.25, 0.3) is 0 Å². The maximum absolute atomic E-state index is 5.46. The van der Waals surface area contributed by atoms with Crippen LogP contribution < -0.4 is 5.32 Å². The number of nitrogens with one attached hydrogen (secondary N) is 1. The summed E-state index contributed by atoms with van der Waals surface area (Å²) in [5, 5.41) is 3.69. The maximum Gasteiger partial charge on any atom is 0.0876 e. The highest BCUT2D eigenvalue weighted by molar-refractivity contribution is 5.19. The molecule has 0 spiro atoms. The smallest absolute Gasteiger partial charge is 0.0876 e. The summed E-state index contributed by atoms with van der Waals surface area (Å²) in [6, 6.07) is 0.567. The van der Waals surface area contributed by atoms with E-state index in [1.807, 2.05) is 6.26 Å². The molecule has 2 rings (SSSR count). The maximum atomic E-state index is 5.46. The quantitative estimate of drug-likeness (QED) is 0.751. The summed E-state index contributed by atoms with van der Waals surface area (Å²) in [6.07, 6.45) is 8.36. The predicted molar refractivity (Wildman–Crippen MR) is 62.7 cm³/mol. The summed E-state index contributed by atoms with van der Waals surface area (Å²) < 4.78 is 5.46. The molecule has 1 fully saturated rings. The van der Waals surface area contributed by atoms with Gasteiger partial charge in [-0.15, -0.1) is 0 Å². The van der Waals surface area contributed by atoms with Crippen LogP contribution in [0.3, 0.4) is 0 Å². The van der Waals surface area contributed by atoms with E-state index in [2.05, 4.69) is 19.2 Å². The Morgan fingerprint density at radius 2 is 2.33 bits per heavy atom. The van der Waals surface area contributed by atoms with Crippen molar-refractivity contribution < 1.29 is 4.74 Å². The average molecular weight is 209 g/mol. The second-order valence-electron chi connectivity index (χ2n) is 5.21. The van der Waals surface area contributed by atoms with Crippen LogP contribution in [0.2, 0.25) is 0 Å². The Morgan fingerprint density at radius 1 is 1.53 bits per heavy atom. The minimum atomic E-state index is 0.516. The van der Waals surface area contributed by atoms with Gasteiger partial charge in [0.1, 0.15) is 0 Å². The number of rotatable bonds is 5. The lowest BCUT2D eigenvalue weighted by molar-refractivity contribution is 0.213. The first-order chi connectivity index (χ1) is 7.26. The van der Waals surface area contributed by atoms with Crippen LogP contribution in [0.1, 0.15) is 46.0 Å². The van der Waals surface area contributed by atoms with Crippen LogP contribution in [0.4, 0.5) is 0 Å². The van der Waals surface area contributed by atoms with Gasteiger partial charge in [0, 0.05) is 6.04 Å². The van der Waals surface area contributed by atoms with Gasteiger partial charge >= 0.3 is 0 Å². The topological polar surface area (TPSA) is 21.3 Å². The third-order valence-electron chi connectivity index (χ3n) is 3.67. The Kier molecular flexibility index (Phi) is 3.35. The molecule has 0 bridgehead atoms. The van der Waals surface area contributed by atoms with Crippen molar-refractivity contribution in [1.82, 2.24) is 5.32 Å². The summed E-state index contributed by atoms with van der Waals surface area (Å²) in [6.45, 7) is 6.65. The van der Waals surface area contributed by atoms with Gasteiger partial charge in [-0.1, -0.05) is 13.8 Å². The van der Waals surface area contributed by atoms with Crippen molar-refractivity contribution in [3.8, 4) is 0 Å². The van der Waals surface area contributed by atoms with Gasteiger partial charge in [0.15, 0.2) is 0 Å². The first-order valence-electron chi connectivity index (χ1n) is 6.30. The molecule has 15 heavy (non-hydrogen) atoms. The molecule has 1 N–H and O–H groups in total. The minimum absolute atomic E-state index is 0.516. The lowest BCUT2D eigenvalue weighted by Crippen LogP contribution is -2.39. The zero-order valence-corrected chi connectivity index (χ0v) is 10.0. The van der Waals surface area contributed by atoms with E-state index in [4.69, 9.17) is 4.74 Å². The summed E-state index contributed by atoms with van der Waals surface area (Å²) >= 11 is 0. The van der Waals surface area contributed by atoms with Crippen molar-refractivity contribution in [2.75, 3.05) is 13.2 Å². The molecule has 0 aromatic carbocycles. The molecular formula is C13H23NO. The Morgan fingerprint density at radius 3 is 2.87 bits per heavy atom. The molecule has 0 aromatic heterocycles. The third kappa shape index (κ3) is 2.54. The van der Waals surface area contributed by atoms with Crippen LogP contribution in [0, 0.1) is 5.41 Å². The second-order valence-corrected chi connectivity index (χ2v) is 5.21. The predicted octanol–water partition coefficient (Wildman–Crippen LogP) is 2.85. The lowest BCUT2D eigenvalue weighted by atomic mass is 9.89. The van der Waals surface area contributed by atoms with E-state index >= 15 is 0 Å². The van der Waals surface area contributed by atoms with E-state index in [0.717, 1.165) is 13.2 Å². The summed E-state index contributed by atoms with van der Waals surface area (Å²) in [7, 11) is 0. The zero-order chi connectivity index (χ0) is 10.7. The fourth-order valence-corrected chi connectivity index (χ4v) is 2.40. The second kappa shape index (κ2) is 4.56. The highest BCUT2D eigenvalue weighted by atomic mass is 16.5. The molecule has 1 atom stereocenters. The average Bonchev–Trinajstić information content (AvgIpc) is 2.99. The summed E-state index contributed by atoms with van der Waals surface area (Å²) in [5.41, 5.74) is 2.01. The fourth-order valence-electron chi connectivity index (χ4n) is 2.40. The molecule has 2 aliphatic rings. The van der Waals surface area contributed by atoms with Crippen LogP contribution in [-0.4, -0.2) is 19.2 Å². The molecule has 1 aliphatic heterocycles. The Bertz CT molecular complexity index is 243. The Hall–Kier alpha value is -0.500. The first kappa shape index (κ1) is 11.0. The van der Waals surface area contributed by atoms with Crippen molar-refractivity contribution in [2.24, 2.45) is 5.41 Å². The number of hydrogen-bond acceptors (Lipinski definition) is 2. The molecule has 0 amide bonds. The van der Waals surface area contributed by atoms with E-state index in [1.165, 1.54) is 37.7 Å². The monoisotopic (exact) mass is 209 g/mol. The van der Waals surface area contributed by atoms with E-state index < -0.39 is 0 Å². The molecule has 1 unspecified atom stereocenters. The van der Waals surface area contributed by atoms with Crippen LogP contribution in [-0.2, 0) is 4.74 Å². The van der Waals surface area contributed by atoms with E-state index in [1.54, 1.807) is 0 Å². The van der Waals surface area contributed by atoms with Gasteiger partial charge in [0.05, 0.1) is 12.9 Å². The molecule has 1 heterocycles. The zero-order valence-electron chi connectivity index (χ0n) is 10.0. The van der Waals surface area contributed by atoms with Crippen molar-refractivity contribution in [1.29, 1.82) is 0 Å². The molecule has 1 aliphatic carbocycles. The largest absolute Gasteiger partial charge is 0.501 e. The van der Waals surface area contributed by atoms with Crippen molar-refractivity contribution >= 4 is 0 Å². The molecule has 0 saturated heterocycles. The highest BCUT2D eigenvalue weighted by Gasteiger charge is 2.46. The van der Waals surface area contributed by atoms with Gasteiger partial charge in [-0.25, -0.2) is 0 Å². The standard InChI is InChI=1S/C13H23NO/c1-3-8-14-12(13(2)6-7-13)11-5-4-9-15-10-11/h10,12,14H,3-9H2,1-2H3. The van der Waals surface area contributed by atoms with Crippen LogP contribution in [0.25, 0.3) is 0 Å². The van der Waals surface area contributed by atoms with Crippen LogP contribution in [0.15, 0.2) is 11.8 Å². The Balaban J connectivity index is 2.00.